The number of aromatic nitrogens is 2. The number of hydrogen-bond donors (Lipinski definition) is 0. The van der Waals surface area contributed by atoms with Crippen molar-refractivity contribution in [2.24, 2.45) is 0 Å². The summed E-state index contributed by atoms with van der Waals surface area (Å²) in [7, 11) is 0. The molecule has 2 heterocycles. The number of benzene rings is 1. The van der Waals surface area contributed by atoms with Gasteiger partial charge in [-0.15, -0.1) is 21.5 Å². The van der Waals surface area contributed by atoms with Crippen LogP contribution in [-0.2, 0) is 6.54 Å². The molecule has 0 spiro atoms. The van der Waals surface area contributed by atoms with Crippen molar-refractivity contribution in [3.8, 4) is 11.5 Å². The van der Waals surface area contributed by atoms with Crippen LogP contribution in [0.2, 0.25) is 5.02 Å². The zero-order valence-corrected chi connectivity index (χ0v) is 15.6. The topological polar surface area (TPSA) is 59.2 Å². The van der Waals surface area contributed by atoms with E-state index in [4.69, 9.17) is 16.0 Å². The number of carbonyl (C=O) groups excluding carboxylic acids is 1. The largest absolute Gasteiger partial charge is 0.419 e. The summed E-state index contributed by atoms with van der Waals surface area (Å²) in [5.74, 6) is 0.745. The van der Waals surface area contributed by atoms with E-state index in [0.29, 0.717) is 28.9 Å². The Labute approximate surface area is 155 Å². The molecular weight excluding hydrogens is 358 g/mol. The molecule has 0 unspecified atom stereocenters. The molecular formula is C18H18ClN3O2S. The van der Waals surface area contributed by atoms with Crippen LogP contribution in [0.5, 0.6) is 0 Å². The molecule has 0 bridgehead atoms. The number of amides is 1. The lowest BCUT2D eigenvalue weighted by molar-refractivity contribution is 0.0733. The predicted molar refractivity (Wildman–Crippen MR) is 98.8 cm³/mol. The van der Waals surface area contributed by atoms with E-state index in [-0.39, 0.29) is 12.5 Å². The van der Waals surface area contributed by atoms with E-state index >= 15 is 0 Å². The van der Waals surface area contributed by atoms with E-state index in [1.165, 1.54) is 11.3 Å². The Bertz CT molecular complexity index is 875. The van der Waals surface area contributed by atoms with Crippen LogP contribution in [0.3, 0.4) is 0 Å². The zero-order valence-electron chi connectivity index (χ0n) is 14.0. The molecule has 2 aromatic heterocycles. The number of thiophene rings is 1. The van der Waals surface area contributed by atoms with Crippen molar-refractivity contribution in [1.29, 1.82) is 0 Å². The molecule has 7 heteroatoms. The van der Waals surface area contributed by atoms with Gasteiger partial charge in [0.05, 0.1) is 22.0 Å². The minimum absolute atomic E-state index is 0.00755. The molecule has 0 N–H and O–H groups in total. The average molecular weight is 376 g/mol. The minimum Gasteiger partial charge on any atom is -0.419 e. The standard InChI is InChI=1S/C18H18ClN3O2S/c1-3-9-22(18(23)16-12(2)8-10-25-16)11-15-20-21-17(24-15)13-6-4-5-7-14(13)19/h4-8,10H,3,9,11H2,1-2H3. The smallest absolute Gasteiger partial charge is 0.264 e. The van der Waals surface area contributed by atoms with Crippen molar-refractivity contribution in [2.45, 2.75) is 26.8 Å². The van der Waals surface area contributed by atoms with Crippen molar-refractivity contribution < 1.29 is 9.21 Å². The van der Waals surface area contributed by atoms with E-state index in [2.05, 4.69) is 10.2 Å². The van der Waals surface area contributed by atoms with Crippen LogP contribution in [0.4, 0.5) is 0 Å². The lowest BCUT2D eigenvalue weighted by Gasteiger charge is -2.19. The maximum Gasteiger partial charge on any atom is 0.264 e. The lowest BCUT2D eigenvalue weighted by Crippen LogP contribution is -2.31. The summed E-state index contributed by atoms with van der Waals surface area (Å²) < 4.78 is 5.73. The molecule has 0 aliphatic heterocycles. The van der Waals surface area contributed by atoms with Gasteiger partial charge >= 0.3 is 0 Å². The summed E-state index contributed by atoms with van der Waals surface area (Å²) in [4.78, 5) is 15.3. The number of rotatable bonds is 6. The van der Waals surface area contributed by atoms with E-state index in [9.17, 15) is 4.79 Å². The molecule has 3 rings (SSSR count). The maximum absolute atomic E-state index is 12.8. The molecule has 0 aliphatic carbocycles. The molecule has 0 fully saturated rings. The molecule has 5 nitrogen and oxygen atoms in total. The van der Waals surface area contributed by atoms with Gasteiger partial charge in [0, 0.05) is 6.54 Å². The predicted octanol–water partition coefficient (Wildman–Crippen LogP) is 4.81. The van der Waals surface area contributed by atoms with Crippen LogP contribution < -0.4 is 0 Å². The van der Waals surface area contributed by atoms with Crippen molar-refractivity contribution in [2.75, 3.05) is 6.54 Å². The van der Waals surface area contributed by atoms with E-state index in [0.717, 1.165) is 16.9 Å². The maximum atomic E-state index is 12.8. The first-order valence-corrected chi connectivity index (χ1v) is 9.26. The van der Waals surface area contributed by atoms with Crippen LogP contribution in [-0.4, -0.2) is 27.5 Å². The highest BCUT2D eigenvalue weighted by Crippen LogP contribution is 2.27. The monoisotopic (exact) mass is 375 g/mol. The van der Waals surface area contributed by atoms with Gasteiger partial charge in [0.1, 0.15) is 0 Å². The van der Waals surface area contributed by atoms with Crippen LogP contribution in [0.15, 0.2) is 40.1 Å². The Kier molecular flexibility index (Phi) is 5.50. The first kappa shape index (κ1) is 17.6. The van der Waals surface area contributed by atoms with Gasteiger partial charge in [-0.1, -0.05) is 30.7 Å². The second-order valence-electron chi connectivity index (χ2n) is 5.64. The quantitative estimate of drug-likeness (QED) is 0.620. The van der Waals surface area contributed by atoms with Crippen LogP contribution >= 0.6 is 22.9 Å². The van der Waals surface area contributed by atoms with Gasteiger partial charge in [-0.3, -0.25) is 4.79 Å². The van der Waals surface area contributed by atoms with Gasteiger partial charge in [-0.2, -0.15) is 0 Å². The third kappa shape index (κ3) is 3.91. The Morgan fingerprint density at radius 2 is 2.08 bits per heavy atom. The molecule has 25 heavy (non-hydrogen) atoms. The molecule has 3 aromatic rings. The van der Waals surface area contributed by atoms with E-state index in [1.54, 1.807) is 11.0 Å². The third-order valence-electron chi connectivity index (χ3n) is 3.73. The normalized spacial score (nSPS) is 10.8. The van der Waals surface area contributed by atoms with Gasteiger partial charge in [0.15, 0.2) is 0 Å². The molecule has 1 aromatic carbocycles. The molecule has 130 valence electrons. The fraction of sp³-hybridized carbons (Fsp3) is 0.278. The second-order valence-corrected chi connectivity index (χ2v) is 6.96. The van der Waals surface area contributed by atoms with Crippen LogP contribution in [0, 0.1) is 6.92 Å². The van der Waals surface area contributed by atoms with Gasteiger partial charge in [0.2, 0.25) is 11.8 Å². The number of carbonyl (C=O) groups is 1. The van der Waals surface area contributed by atoms with Crippen molar-refractivity contribution in [1.82, 2.24) is 15.1 Å². The van der Waals surface area contributed by atoms with E-state index < -0.39 is 0 Å². The Morgan fingerprint density at radius 3 is 2.76 bits per heavy atom. The van der Waals surface area contributed by atoms with Crippen molar-refractivity contribution in [3.05, 3.63) is 57.1 Å². The average Bonchev–Trinajstić information content (AvgIpc) is 3.23. The van der Waals surface area contributed by atoms with E-state index in [1.807, 2.05) is 43.5 Å². The highest BCUT2D eigenvalue weighted by Gasteiger charge is 2.21. The second kappa shape index (κ2) is 7.80. The highest BCUT2D eigenvalue weighted by atomic mass is 35.5. The molecule has 0 radical (unpaired) electrons. The Balaban J connectivity index is 1.81. The van der Waals surface area contributed by atoms with Gasteiger partial charge in [-0.25, -0.2) is 0 Å². The van der Waals surface area contributed by atoms with Gasteiger partial charge in [-0.05, 0) is 42.5 Å². The lowest BCUT2D eigenvalue weighted by atomic mass is 10.2. The summed E-state index contributed by atoms with van der Waals surface area (Å²) in [6.07, 6.45) is 0.849. The summed E-state index contributed by atoms with van der Waals surface area (Å²) in [6.45, 7) is 4.88. The van der Waals surface area contributed by atoms with Gasteiger partial charge in [0.25, 0.3) is 5.91 Å². The number of nitrogens with zero attached hydrogens (tertiary/aromatic N) is 3. The van der Waals surface area contributed by atoms with Crippen LogP contribution in [0.25, 0.3) is 11.5 Å². The fourth-order valence-corrected chi connectivity index (χ4v) is 3.59. The number of hydrogen-bond acceptors (Lipinski definition) is 5. The zero-order chi connectivity index (χ0) is 17.8. The van der Waals surface area contributed by atoms with Gasteiger partial charge < -0.3 is 9.32 Å². The van der Waals surface area contributed by atoms with Crippen molar-refractivity contribution in [3.63, 3.8) is 0 Å². The molecule has 0 saturated carbocycles. The highest BCUT2D eigenvalue weighted by molar-refractivity contribution is 7.12. The number of aryl methyl sites for hydroxylation is 1. The third-order valence-corrected chi connectivity index (χ3v) is 5.07. The Hall–Kier alpha value is -2.18. The molecule has 0 saturated heterocycles. The Morgan fingerprint density at radius 1 is 1.28 bits per heavy atom. The molecule has 0 aliphatic rings. The molecule has 0 atom stereocenters. The summed E-state index contributed by atoms with van der Waals surface area (Å²) in [5, 5.41) is 10.6. The van der Waals surface area contributed by atoms with Crippen LogP contribution in [0.1, 0.15) is 34.5 Å². The first-order valence-electron chi connectivity index (χ1n) is 8.00. The fourth-order valence-electron chi connectivity index (χ4n) is 2.48. The summed E-state index contributed by atoms with van der Waals surface area (Å²) in [5.41, 5.74) is 1.67. The molecule has 1 amide bonds. The number of halogens is 1. The SMILES string of the molecule is CCCN(Cc1nnc(-c2ccccc2Cl)o1)C(=O)c1sccc1C. The summed E-state index contributed by atoms with van der Waals surface area (Å²) in [6, 6.07) is 9.24. The minimum atomic E-state index is -0.00755. The first-order chi connectivity index (χ1) is 12.1. The summed E-state index contributed by atoms with van der Waals surface area (Å²) >= 11 is 7.62. The van der Waals surface area contributed by atoms with Crippen molar-refractivity contribution >= 4 is 28.8 Å².